The molecule has 1 saturated carbocycles. The molecule has 1 fully saturated rings. The van der Waals surface area contributed by atoms with Crippen molar-refractivity contribution in [3.63, 3.8) is 0 Å². The fraction of sp³-hybridized carbons (Fsp3) is 0.435. The highest BCUT2D eigenvalue weighted by Gasteiger charge is 2.38. The Labute approximate surface area is 209 Å². The van der Waals surface area contributed by atoms with Crippen molar-refractivity contribution < 1.29 is 45.1 Å². The highest BCUT2D eigenvalue weighted by atomic mass is 35.5. The maximum absolute atomic E-state index is 14.2. The maximum Gasteiger partial charge on any atom is 0.513 e. The summed E-state index contributed by atoms with van der Waals surface area (Å²) in [6.07, 6.45) is 5.72. The summed E-state index contributed by atoms with van der Waals surface area (Å²) >= 11 is 5.79. The molecule has 1 unspecified atom stereocenters. The van der Waals surface area contributed by atoms with Crippen molar-refractivity contribution in [1.29, 1.82) is 0 Å². The van der Waals surface area contributed by atoms with Crippen LogP contribution in [0, 0.1) is 29.1 Å². The fourth-order valence-corrected chi connectivity index (χ4v) is 5.23. The van der Waals surface area contributed by atoms with Crippen LogP contribution < -0.4 is 14.1 Å². The zero-order valence-corrected chi connectivity index (χ0v) is 20.8. The van der Waals surface area contributed by atoms with Crippen LogP contribution >= 0.6 is 19.3 Å². The number of benzene rings is 2. The van der Waals surface area contributed by atoms with Gasteiger partial charge in [-0.15, -0.1) is 0 Å². The van der Waals surface area contributed by atoms with E-state index in [9.17, 15) is 31.3 Å². The van der Waals surface area contributed by atoms with Gasteiger partial charge in [-0.3, -0.25) is 4.79 Å². The predicted octanol–water partition coefficient (Wildman–Crippen LogP) is 7.24. The molecule has 0 aliphatic heterocycles. The van der Waals surface area contributed by atoms with Crippen LogP contribution in [0.25, 0.3) is 0 Å². The molecule has 0 amide bonds. The maximum atomic E-state index is 14.2. The van der Waals surface area contributed by atoms with E-state index in [0.29, 0.717) is 12.8 Å². The Balaban J connectivity index is 1.86. The summed E-state index contributed by atoms with van der Waals surface area (Å²) in [6.45, 7) is 1.23. The second-order valence-corrected chi connectivity index (χ2v) is 10.3. The number of ether oxygens (including phenoxy) is 1. The van der Waals surface area contributed by atoms with Crippen LogP contribution in [0.2, 0.25) is 5.02 Å². The number of carbonyl (C=O) groups is 1. The Bertz CT molecular complexity index is 1100. The molecule has 0 spiro atoms. The third-order valence-electron chi connectivity index (χ3n) is 5.46. The van der Waals surface area contributed by atoms with Gasteiger partial charge < -0.3 is 13.8 Å². The molecule has 0 heterocycles. The molecule has 0 bridgehead atoms. The largest absolute Gasteiger partial charge is 0.513 e. The Hall–Kier alpha value is -2.36. The second-order valence-electron chi connectivity index (χ2n) is 8.29. The van der Waals surface area contributed by atoms with Gasteiger partial charge in [0.2, 0.25) is 34.8 Å². The smallest absolute Gasteiger partial charge is 0.461 e. The zero-order chi connectivity index (χ0) is 26.5. The number of rotatable bonds is 8. The van der Waals surface area contributed by atoms with Crippen molar-refractivity contribution in [2.75, 3.05) is 0 Å². The zero-order valence-electron chi connectivity index (χ0n) is 19.2. The van der Waals surface area contributed by atoms with E-state index >= 15 is 0 Å². The van der Waals surface area contributed by atoms with E-state index in [2.05, 4.69) is 5.09 Å². The first-order chi connectivity index (χ1) is 17.0. The molecule has 3 rings (SSSR count). The minimum atomic E-state index is -5.00. The second kappa shape index (κ2) is 12.3. The first-order valence-electron chi connectivity index (χ1n) is 11.2. The molecule has 2 aromatic rings. The Kier molecular flexibility index (Phi) is 9.60. The van der Waals surface area contributed by atoms with Crippen LogP contribution in [0.3, 0.4) is 0 Å². The highest BCUT2D eigenvalue weighted by molar-refractivity contribution is 7.52. The average molecular weight is 556 g/mol. The van der Waals surface area contributed by atoms with Gasteiger partial charge in [-0.2, -0.15) is 13.9 Å². The van der Waals surface area contributed by atoms with E-state index < -0.39 is 54.6 Å². The fourth-order valence-electron chi connectivity index (χ4n) is 3.58. The number of halogens is 6. The first kappa shape index (κ1) is 28.2. The molecule has 0 saturated heterocycles. The summed E-state index contributed by atoms with van der Waals surface area (Å²) in [7, 11) is -5.00. The molecule has 36 heavy (non-hydrogen) atoms. The van der Waals surface area contributed by atoms with E-state index in [1.165, 1.54) is 31.2 Å². The number of nitrogens with one attached hydrogen (secondary N) is 1. The third-order valence-corrected chi connectivity index (χ3v) is 7.29. The van der Waals surface area contributed by atoms with Gasteiger partial charge in [-0.25, -0.2) is 17.7 Å². The lowest BCUT2D eigenvalue weighted by molar-refractivity contribution is -0.151. The van der Waals surface area contributed by atoms with Crippen molar-refractivity contribution in [2.45, 2.75) is 64.0 Å². The molecule has 198 valence electrons. The van der Waals surface area contributed by atoms with Crippen molar-refractivity contribution in [3.05, 3.63) is 58.4 Å². The average Bonchev–Trinajstić information content (AvgIpc) is 2.82. The molecule has 1 aliphatic carbocycles. The lowest BCUT2D eigenvalue weighted by atomic mass is 9.98. The van der Waals surface area contributed by atoms with Crippen molar-refractivity contribution in [2.24, 2.45) is 0 Å². The van der Waals surface area contributed by atoms with Crippen LogP contribution in [0.1, 0.15) is 51.9 Å². The Morgan fingerprint density at radius 3 is 1.94 bits per heavy atom. The minimum absolute atomic E-state index is 0.195. The van der Waals surface area contributed by atoms with Gasteiger partial charge >= 0.3 is 13.7 Å². The van der Waals surface area contributed by atoms with Crippen molar-refractivity contribution in [1.82, 2.24) is 5.09 Å². The molecular formula is C23H24ClF5NO5P. The Morgan fingerprint density at radius 1 is 0.889 bits per heavy atom. The number of hydrogen-bond donors (Lipinski definition) is 1. The number of carbonyl (C=O) groups excluding carboxylic acids is 1. The van der Waals surface area contributed by atoms with E-state index in [1.54, 1.807) is 0 Å². The van der Waals surface area contributed by atoms with Gasteiger partial charge in [0.05, 0.1) is 0 Å². The standard InChI is InChI=1S/C23H24ClF5NO5P/c1-13(23(31)33-15-7-5-3-2-4-6-8-15)30-36(32,34-16-11-9-14(24)10-12-16)35-22-20(28)18(26)17(25)19(27)21(22)29/h9-13,15H,2-8H2,1H3,(H,30,32)/t13-,36?/m0/s1. The summed E-state index contributed by atoms with van der Waals surface area (Å²) in [6, 6.07) is 3.68. The summed E-state index contributed by atoms with van der Waals surface area (Å²) in [5.41, 5.74) is 0. The lowest BCUT2D eigenvalue weighted by Gasteiger charge is -2.25. The van der Waals surface area contributed by atoms with Gasteiger partial charge in [0.25, 0.3) is 0 Å². The molecule has 1 N–H and O–H groups in total. The quantitative estimate of drug-likeness (QED) is 0.122. The van der Waals surface area contributed by atoms with Crippen molar-refractivity contribution in [3.8, 4) is 11.5 Å². The summed E-state index contributed by atoms with van der Waals surface area (Å²) < 4.78 is 98.2. The topological polar surface area (TPSA) is 73.9 Å². The van der Waals surface area contributed by atoms with Crippen LogP contribution in [0.15, 0.2) is 24.3 Å². The van der Waals surface area contributed by atoms with Gasteiger partial charge in [-0.1, -0.05) is 30.9 Å². The summed E-state index contributed by atoms with van der Waals surface area (Å²) in [4.78, 5) is 12.7. The normalized spacial score (nSPS) is 17.4. The van der Waals surface area contributed by atoms with Gasteiger partial charge in [0.1, 0.15) is 17.9 Å². The number of hydrogen-bond acceptors (Lipinski definition) is 5. The molecule has 1 aliphatic rings. The Morgan fingerprint density at radius 2 is 1.39 bits per heavy atom. The molecule has 2 atom stereocenters. The molecule has 2 aromatic carbocycles. The van der Waals surface area contributed by atoms with Gasteiger partial charge in [-0.05, 0) is 56.9 Å². The summed E-state index contributed by atoms with van der Waals surface area (Å²) in [5, 5.41) is 2.43. The van der Waals surface area contributed by atoms with E-state index in [4.69, 9.17) is 25.4 Å². The minimum Gasteiger partial charge on any atom is -0.461 e. The van der Waals surface area contributed by atoms with Crippen LogP contribution in [-0.4, -0.2) is 18.1 Å². The van der Waals surface area contributed by atoms with E-state index in [0.717, 1.165) is 32.1 Å². The highest BCUT2D eigenvalue weighted by Crippen LogP contribution is 2.47. The predicted molar refractivity (Wildman–Crippen MR) is 121 cm³/mol. The van der Waals surface area contributed by atoms with Crippen LogP contribution in [0.4, 0.5) is 22.0 Å². The molecular weight excluding hydrogens is 532 g/mol. The van der Waals surface area contributed by atoms with Gasteiger partial charge in [0, 0.05) is 5.02 Å². The SMILES string of the molecule is C[C@H](NP(=O)(Oc1ccc(Cl)cc1)Oc1c(F)c(F)c(F)c(F)c1F)C(=O)OC1CCCCCCC1. The number of esters is 1. The molecule has 13 heteroatoms. The lowest BCUT2D eigenvalue weighted by Crippen LogP contribution is -2.38. The van der Waals surface area contributed by atoms with E-state index in [1.807, 2.05) is 0 Å². The third kappa shape index (κ3) is 7.11. The van der Waals surface area contributed by atoms with Crippen molar-refractivity contribution >= 4 is 25.3 Å². The summed E-state index contributed by atoms with van der Waals surface area (Å²) in [5.74, 6) is -14.7. The molecule has 0 aromatic heterocycles. The monoisotopic (exact) mass is 555 g/mol. The van der Waals surface area contributed by atoms with Crippen LogP contribution in [-0.2, 0) is 14.1 Å². The van der Waals surface area contributed by atoms with Gasteiger partial charge in [0.15, 0.2) is 0 Å². The van der Waals surface area contributed by atoms with E-state index in [-0.39, 0.29) is 16.9 Å². The first-order valence-corrected chi connectivity index (χ1v) is 13.2. The molecule has 6 nitrogen and oxygen atoms in total. The molecule has 0 radical (unpaired) electrons. The van der Waals surface area contributed by atoms with Crippen LogP contribution in [0.5, 0.6) is 11.5 Å².